The van der Waals surface area contributed by atoms with Gasteiger partial charge in [-0.3, -0.25) is 4.98 Å². The zero-order valence-electron chi connectivity index (χ0n) is 9.18. The highest BCUT2D eigenvalue weighted by Gasteiger charge is 2.33. The highest BCUT2D eigenvalue weighted by Crippen LogP contribution is 2.42. The standard InChI is InChI=1S/C12H17NO2/c1-8(9-3-4-9)12(14)10-5-11(15-2)7-13-6-10/h5-9,12,14H,3-4H2,1-2H3. The van der Waals surface area contributed by atoms with Crippen LogP contribution < -0.4 is 4.74 Å². The molecule has 82 valence electrons. The highest BCUT2D eigenvalue weighted by molar-refractivity contribution is 5.25. The number of methoxy groups -OCH3 is 1. The monoisotopic (exact) mass is 207 g/mol. The Morgan fingerprint density at radius 2 is 2.20 bits per heavy atom. The summed E-state index contributed by atoms with van der Waals surface area (Å²) in [6, 6.07) is 1.86. The smallest absolute Gasteiger partial charge is 0.137 e. The van der Waals surface area contributed by atoms with Crippen molar-refractivity contribution in [1.82, 2.24) is 4.98 Å². The van der Waals surface area contributed by atoms with Crippen molar-refractivity contribution in [3.63, 3.8) is 0 Å². The lowest BCUT2D eigenvalue weighted by Crippen LogP contribution is -2.11. The second-order valence-electron chi connectivity index (χ2n) is 4.30. The molecule has 0 aliphatic heterocycles. The molecule has 0 amide bonds. The average molecular weight is 207 g/mol. The first-order valence-corrected chi connectivity index (χ1v) is 5.39. The van der Waals surface area contributed by atoms with Crippen LogP contribution in [0.25, 0.3) is 0 Å². The summed E-state index contributed by atoms with van der Waals surface area (Å²) in [4.78, 5) is 4.05. The Labute approximate surface area is 90.1 Å². The number of aromatic nitrogens is 1. The van der Waals surface area contributed by atoms with E-state index in [1.165, 1.54) is 12.8 Å². The van der Waals surface area contributed by atoms with Gasteiger partial charge >= 0.3 is 0 Å². The van der Waals surface area contributed by atoms with Gasteiger partial charge in [-0.15, -0.1) is 0 Å². The van der Waals surface area contributed by atoms with Gasteiger partial charge in [-0.05, 0) is 30.7 Å². The number of hydrogen-bond donors (Lipinski definition) is 1. The van der Waals surface area contributed by atoms with E-state index in [1.807, 2.05) is 6.07 Å². The molecule has 0 saturated heterocycles. The first-order valence-electron chi connectivity index (χ1n) is 5.39. The van der Waals surface area contributed by atoms with Gasteiger partial charge in [0, 0.05) is 11.8 Å². The minimum Gasteiger partial charge on any atom is -0.495 e. The third-order valence-corrected chi connectivity index (χ3v) is 3.18. The molecule has 0 bridgehead atoms. The van der Waals surface area contributed by atoms with Crippen LogP contribution in [0.2, 0.25) is 0 Å². The molecule has 15 heavy (non-hydrogen) atoms. The van der Waals surface area contributed by atoms with E-state index in [-0.39, 0.29) is 0 Å². The summed E-state index contributed by atoms with van der Waals surface area (Å²) in [7, 11) is 1.61. The molecule has 2 atom stereocenters. The zero-order valence-corrected chi connectivity index (χ0v) is 9.18. The lowest BCUT2D eigenvalue weighted by Gasteiger charge is -2.18. The van der Waals surface area contributed by atoms with Crippen molar-refractivity contribution in [3.05, 3.63) is 24.0 Å². The third-order valence-electron chi connectivity index (χ3n) is 3.18. The van der Waals surface area contributed by atoms with E-state index in [0.29, 0.717) is 17.6 Å². The van der Waals surface area contributed by atoms with Crippen LogP contribution in [0.3, 0.4) is 0 Å². The van der Waals surface area contributed by atoms with Crippen LogP contribution >= 0.6 is 0 Å². The fourth-order valence-corrected chi connectivity index (χ4v) is 1.89. The van der Waals surface area contributed by atoms with Crippen LogP contribution in [0.4, 0.5) is 0 Å². The van der Waals surface area contributed by atoms with Crippen molar-refractivity contribution in [2.75, 3.05) is 7.11 Å². The fraction of sp³-hybridized carbons (Fsp3) is 0.583. The molecule has 0 aromatic carbocycles. The van der Waals surface area contributed by atoms with Crippen molar-refractivity contribution >= 4 is 0 Å². The molecule has 1 aliphatic rings. The summed E-state index contributed by atoms with van der Waals surface area (Å²) >= 11 is 0. The zero-order chi connectivity index (χ0) is 10.8. The molecule has 3 nitrogen and oxygen atoms in total. The minimum atomic E-state index is -0.417. The van der Waals surface area contributed by atoms with E-state index in [0.717, 1.165) is 5.56 Å². The Balaban J connectivity index is 2.12. The normalized spacial score (nSPS) is 19.7. The molecule has 1 aliphatic carbocycles. The largest absolute Gasteiger partial charge is 0.495 e. The van der Waals surface area contributed by atoms with E-state index < -0.39 is 6.10 Å². The van der Waals surface area contributed by atoms with Gasteiger partial charge < -0.3 is 9.84 Å². The van der Waals surface area contributed by atoms with E-state index >= 15 is 0 Å². The van der Waals surface area contributed by atoms with Crippen LogP contribution in [-0.4, -0.2) is 17.2 Å². The van der Waals surface area contributed by atoms with Crippen molar-refractivity contribution in [1.29, 1.82) is 0 Å². The topological polar surface area (TPSA) is 42.4 Å². The molecule has 2 unspecified atom stereocenters. The summed E-state index contributed by atoms with van der Waals surface area (Å²) in [6.07, 6.45) is 5.44. The quantitative estimate of drug-likeness (QED) is 0.822. The molecular formula is C12H17NO2. The number of rotatable bonds is 4. The first kappa shape index (κ1) is 10.4. The number of aliphatic hydroxyl groups excluding tert-OH is 1. The van der Waals surface area contributed by atoms with Crippen LogP contribution in [0.5, 0.6) is 5.75 Å². The van der Waals surface area contributed by atoms with Gasteiger partial charge in [-0.25, -0.2) is 0 Å². The lowest BCUT2D eigenvalue weighted by molar-refractivity contribution is 0.105. The van der Waals surface area contributed by atoms with Crippen LogP contribution in [0, 0.1) is 11.8 Å². The molecule has 1 saturated carbocycles. The van der Waals surface area contributed by atoms with Crippen LogP contribution in [-0.2, 0) is 0 Å². The van der Waals surface area contributed by atoms with Gasteiger partial charge in [0.15, 0.2) is 0 Å². The minimum absolute atomic E-state index is 0.318. The predicted molar refractivity (Wildman–Crippen MR) is 57.6 cm³/mol. The number of ether oxygens (including phenoxy) is 1. The summed E-state index contributed by atoms with van der Waals surface area (Å²) in [5.41, 5.74) is 0.855. The number of hydrogen-bond acceptors (Lipinski definition) is 3. The van der Waals surface area contributed by atoms with Gasteiger partial charge in [0.25, 0.3) is 0 Å². The Morgan fingerprint density at radius 1 is 1.47 bits per heavy atom. The molecule has 2 rings (SSSR count). The average Bonchev–Trinajstić information content (AvgIpc) is 3.11. The van der Waals surface area contributed by atoms with Crippen molar-refractivity contribution in [2.24, 2.45) is 11.8 Å². The SMILES string of the molecule is COc1cncc(C(O)C(C)C2CC2)c1. The van der Waals surface area contributed by atoms with Crippen LogP contribution in [0.1, 0.15) is 31.4 Å². The van der Waals surface area contributed by atoms with E-state index in [1.54, 1.807) is 19.5 Å². The molecule has 1 fully saturated rings. The maximum absolute atomic E-state index is 10.1. The van der Waals surface area contributed by atoms with Gasteiger partial charge in [0.2, 0.25) is 0 Å². The summed E-state index contributed by atoms with van der Waals surface area (Å²) in [6.45, 7) is 2.10. The Hall–Kier alpha value is -1.09. The van der Waals surface area contributed by atoms with Gasteiger partial charge in [0.05, 0.1) is 19.4 Å². The Kier molecular flexibility index (Phi) is 2.91. The Bertz CT molecular complexity index is 336. The fourth-order valence-electron chi connectivity index (χ4n) is 1.89. The van der Waals surface area contributed by atoms with Crippen molar-refractivity contribution in [3.8, 4) is 5.75 Å². The third kappa shape index (κ3) is 2.29. The van der Waals surface area contributed by atoms with Gasteiger partial charge in [-0.1, -0.05) is 6.92 Å². The number of nitrogens with zero attached hydrogens (tertiary/aromatic N) is 1. The summed E-state index contributed by atoms with van der Waals surface area (Å²) in [5, 5.41) is 10.1. The molecule has 0 radical (unpaired) electrons. The Morgan fingerprint density at radius 3 is 2.80 bits per heavy atom. The second kappa shape index (κ2) is 4.19. The van der Waals surface area contributed by atoms with Gasteiger partial charge in [-0.2, -0.15) is 0 Å². The van der Waals surface area contributed by atoms with Crippen molar-refractivity contribution < 1.29 is 9.84 Å². The first-order chi connectivity index (χ1) is 7.22. The van der Waals surface area contributed by atoms with Crippen LogP contribution in [0.15, 0.2) is 18.5 Å². The number of aliphatic hydroxyl groups is 1. The highest BCUT2D eigenvalue weighted by atomic mass is 16.5. The van der Waals surface area contributed by atoms with E-state index in [9.17, 15) is 5.11 Å². The number of pyridine rings is 1. The molecule has 1 aromatic rings. The van der Waals surface area contributed by atoms with Gasteiger partial charge in [0.1, 0.15) is 5.75 Å². The molecule has 1 aromatic heterocycles. The molecule has 3 heteroatoms. The molecule has 1 N–H and O–H groups in total. The summed E-state index contributed by atoms with van der Waals surface area (Å²) in [5.74, 6) is 1.71. The van der Waals surface area contributed by atoms with Crippen molar-refractivity contribution in [2.45, 2.75) is 25.9 Å². The summed E-state index contributed by atoms with van der Waals surface area (Å²) < 4.78 is 5.09. The maximum Gasteiger partial charge on any atom is 0.137 e. The van der Waals surface area contributed by atoms with E-state index in [2.05, 4.69) is 11.9 Å². The maximum atomic E-state index is 10.1. The second-order valence-corrected chi connectivity index (χ2v) is 4.30. The predicted octanol–water partition coefficient (Wildman–Crippen LogP) is 2.17. The lowest BCUT2D eigenvalue weighted by atomic mass is 9.94. The molecular weight excluding hydrogens is 190 g/mol. The van der Waals surface area contributed by atoms with E-state index in [4.69, 9.17) is 4.74 Å². The molecule has 1 heterocycles. The molecule has 0 spiro atoms.